The lowest BCUT2D eigenvalue weighted by Crippen LogP contribution is -2.07. The summed E-state index contributed by atoms with van der Waals surface area (Å²) >= 11 is 0. The molecule has 14 nitrogen and oxygen atoms in total. The second-order valence-corrected chi connectivity index (χ2v) is 11.1. The van der Waals surface area contributed by atoms with Gasteiger partial charge >= 0.3 is 0 Å². The molecule has 0 aliphatic heterocycles. The summed E-state index contributed by atoms with van der Waals surface area (Å²) in [6.07, 6.45) is 0. The molecule has 166 valence electrons. The summed E-state index contributed by atoms with van der Waals surface area (Å²) in [5.74, 6) is -3.24. The molecule has 6 N–H and O–H groups in total. The zero-order valence-electron chi connectivity index (χ0n) is 13.9. The van der Waals surface area contributed by atoms with Gasteiger partial charge < -0.3 is 10.2 Å². The molecule has 2 aromatic rings. The van der Waals surface area contributed by atoms with Crippen molar-refractivity contribution in [3.63, 3.8) is 0 Å². The van der Waals surface area contributed by atoms with E-state index in [4.69, 9.17) is 18.2 Å². The fourth-order valence-electron chi connectivity index (χ4n) is 2.28. The molecule has 0 atom stereocenters. The Morgan fingerprint density at radius 2 is 0.600 bits per heavy atom. The number of phenolic OH excluding ortho intramolecular Hbond substituents is 2. The van der Waals surface area contributed by atoms with E-state index in [0.717, 1.165) is 0 Å². The molecule has 0 saturated carbocycles. The lowest BCUT2D eigenvalue weighted by atomic mass is 10.1. The average Bonchev–Trinajstić information content (AvgIpc) is 2.50. The molecule has 0 bridgehead atoms. The van der Waals surface area contributed by atoms with Gasteiger partial charge in [-0.25, -0.2) is 0 Å². The van der Waals surface area contributed by atoms with Gasteiger partial charge in [0.15, 0.2) is 11.5 Å². The van der Waals surface area contributed by atoms with Crippen molar-refractivity contribution < 1.29 is 62.1 Å². The van der Waals surface area contributed by atoms with E-state index in [9.17, 15) is 43.9 Å². The Kier molecular flexibility index (Phi) is 5.69. The molecule has 0 aliphatic rings. The molecule has 0 heterocycles. The third-order valence-electron chi connectivity index (χ3n) is 3.52. The van der Waals surface area contributed by atoms with Crippen LogP contribution in [0.5, 0.6) is 11.5 Å². The van der Waals surface area contributed by atoms with Gasteiger partial charge in [0.05, 0.1) is 0 Å². The largest absolute Gasteiger partial charge is 0.505 e. The van der Waals surface area contributed by atoms with Gasteiger partial charge in [0, 0.05) is 0 Å². The molecule has 0 aliphatic carbocycles. The summed E-state index contributed by atoms with van der Waals surface area (Å²) in [5, 5.41) is 19.5. The van der Waals surface area contributed by atoms with Gasteiger partial charge in [-0.1, -0.05) is 0 Å². The molecule has 0 saturated heterocycles. The fourth-order valence-corrected chi connectivity index (χ4v) is 4.93. The highest BCUT2D eigenvalue weighted by Gasteiger charge is 2.29. The Balaban J connectivity index is 3.12. The zero-order valence-corrected chi connectivity index (χ0v) is 17.2. The first-order valence-electron chi connectivity index (χ1n) is 6.89. The minimum absolute atomic E-state index is 0.354. The van der Waals surface area contributed by atoms with Crippen molar-refractivity contribution >= 4 is 40.5 Å². The monoisotopic (exact) mass is 506 g/mol. The molecular weight excluding hydrogens is 496 g/mol. The summed E-state index contributed by atoms with van der Waals surface area (Å²) < 4.78 is 128. The minimum Gasteiger partial charge on any atom is -0.505 e. The van der Waals surface area contributed by atoms with Crippen molar-refractivity contribution in [1.82, 2.24) is 0 Å². The Morgan fingerprint density at radius 3 is 0.733 bits per heavy atom. The molecule has 2 rings (SSSR count). The quantitative estimate of drug-likeness (QED) is 0.286. The number of hydrogen-bond acceptors (Lipinski definition) is 10. The predicted octanol–water partition coefficient (Wildman–Crippen LogP) is -0.248. The van der Waals surface area contributed by atoms with E-state index in [1.54, 1.807) is 0 Å². The number of rotatable bonds is 5. The highest BCUT2D eigenvalue weighted by Crippen LogP contribution is 2.39. The summed E-state index contributed by atoms with van der Waals surface area (Å²) in [6.45, 7) is 0. The molecule has 0 radical (unpaired) electrons. The molecule has 2 aromatic carbocycles. The van der Waals surface area contributed by atoms with E-state index < -0.39 is 82.7 Å². The van der Waals surface area contributed by atoms with Crippen molar-refractivity contribution in [3.05, 3.63) is 24.3 Å². The SMILES string of the molecule is O=S(=O)(O)c1cc(-c2cc(S(=O)(=O)O)c(O)c(S(=O)(=O)O)c2)cc(S(=O)(=O)O)c1O. The van der Waals surface area contributed by atoms with Gasteiger partial charge in [-0.15, -0.1) is 0 Å². The maximum Gasteiger partial charge on any atom is 0.298 e. The average molecular weight is 506 g/mol. The Morgan fingerprint density at radius 1 is 0.433 bits per heavy atom. The minimum atomic E-state index is -5.34. The first-order valence-corrected chi connectivity index (χ1v) is 12.6. The lowest BCUT2D eigenvalue weighted by molar-refractivity contribution is 0.419. The zero-order chi connectivity index (χ0) is 23.4. The van der Waals surface area contributed by atoms with E-state index in [2.05, 4.69) is 0 Å². The predicted molar refractivity (Wildman–Crippen MR) is 94.5 cm³/mol. The molecule has 0 unspecified atom stereocenters. The van der Waals surface area contributed by atoms with Crippen LogP contribution in [0.25, 0.3) is 11.1 Å². The van der Waals surface area contributed by atoms with Gasteiger partial charge in [-0.3, -0.25) is 18.2 Å². The molecule has 18 heteroatoms. The second-order valence-electron chi connectivity index (χ2n) is 5.54. The van der Waals surface area contributed by atoms with Gasteiger partial charge in [-0.05, 0) is 35.4 Å². The highest BCUT2D eigenvalue weighted by molar-refractivity contribution is 7.87. The molecular formula is C12H10O14S4. The third-order valence-corrected chi connectivity index (χ3v) is 6.99. The first-order chi connectivity index (χ1) is 13.2. The second kappa shape index (κ2) is 7.13. The van der Waals surface area contributed by atoms with Crippen LogP contribution in [0.3, 0.4) is 0 Å². The van der Waals surface area contributed by atoms with Crippen molar-refractivity contribution in [2.75, 3.05) is 0 Å². The topological polar surface area (TPSA) is 258 Å². The summed E-state index contributed by atoms with van der Waals surface area (Å²) in [7, 11) is -21.4. The molecule has 0 amide bonds. The molecule has 30 heavy (non-hydrogen) atoms. The van der Waals surface area contributed by atoms with Crippen molar-refractivity contribution in [2.45, 2.75) is 19.6 Å². The number of aromatic hydroxyl groups is 2. The van der Waals surface area contributed by atoms with Crippen molar-refractivity contribution in [3.8, 4) is 22.6 Å². The standard InChI is InChI=1S/C12H10O14S4/c13-11-7(27(15,16)17)1-5(2-8(11)28(18,19)20)6-3-9(29(21,22)23)12(14)10(4-6)30(24,25)26/h1-4,13-14H,(H,15,16,17)(H,18,19,20)(H,21,22,23)(H,24,25,26). The first kappa shape index (κ1) is 24.0. The number of hydrogen-bond donors (Lipinski definition) is 6. The van der Waals surface area contributed by atoms with E-state index in [-0.39, 0.29) is 0 Å². The van der Waals surface area contributed by atoms with E-state index >= 15 is 0 Å². The Bertz CT molecular complexity index is 1260. The van der Waals surface area contributed by atoms with Crippen LogP contribution in [0.2, 0.25) is 0 Å². The number of phenols is 2. The van der Waals surface area contributed by atoms with Gasteiger partial charge in [-0.2, -0.15) is 33.7 Å². The molecule has 0 fully saturated rings. The highest BCUT2D eigenvalue weighted by atomic mass is 32.2. The smallest absolute Gasteiger partial charge is 0.298 e. The lowest BCUT2D eigenvalue weighted by Gasteiger charge is -2.13. The number of benzene rings is 2. The van der Waals surface area contributed by atoms with Crippen LogP contribution >= 0.6 is 0 Å². The van der Waals surface area contributed by atoms with E-state index in [1.807, 2.05) is 0 Å². The summed E-state index contributed by atoms with van der Waals surface area (Å²) in [4.78, 5) is -5.94. The Hall–Kier alpha value is -2.32. The van der Waals surface area contributed by atoms with Crippen LogP contribution in [0, 0.1) is 0 Å². The van der Waals surface area contributed by atoms with Gasteiger partial charge in [0.25, 0.3) is 40.5 Å². The van der Waals surface area contributed by atoms with Crippen LogP contribution in [0.15, 0.2) is 43.8 Å². The van der Waals surface area contributed by atoms with Crippen LogP contribution in [0.4, 0.5) is 0 Å². The fraction of sp³-hybridized carbons (Fsp3) is 0. The molecule has 0 aromatic heterocycles. The maximum atomic E-state index is 11.4. The normalized spacial score (nSPS) is 13.3. The van der Waals surface area contributed by atoms with Gasteiger partial charge in [0.2, 0.25) is 0 Å². The van der Waals surface area contributed by atoms with Gasteiger partial charge in [0.1, 0.15) is 19.6 Å². The Labute approximate surface area is 169 Å². The van der Waals surface area contributed by atoms with Crippen LogP contribution < -0.4 is 0 Å². The van der Waals surface area contributed by atoms with Crippen LogP contribution in [-0.4, -0.2) is 62.1 Å². The van der Waals surface area contributed by atoms with Crippen LogP contribution in [-0.2, 0) is 40.5 Å². The summed E-state index contributed by atoms with van der Waals surface area (Å²) in [6, 6.07) is 1.42. The third kappa shape index (κ3) is 4.70. The van der Waals surface area contributed by atoms with Crippen LogP contribution in [0.1, 0.15) is 0 Å². The van der Waals surface area contributed by atoms with Crippen molar-refractivity contribution in [2.24, 2.45) is 0 Å². The molecule has 0 spiro atoms. The maximum absolute atomic E-state index is 11.4. The van der Waals surface area contributed by atoms with E-state index in [1.165, 1.54) is 0 Å². The van der Waals surface area contributed by atoms with Crippen molar-refractivity contribution in [1.29, 1.82) is 0 Å². The van der Waals surface area contributed by atoms with E-state index in [0.29, 0.717) is 24.3 Å². The summed E-state index contributed by atoms with van der Waals surface area (Å²) in [5.41, 5.74) is -1.49.